The number of sulfone groups is 1. The summed E-state index contributed by atoms with van der Waals surface area (Å²) in [6.07, 6.45) is 0.997. The second-order valence-corrected chi connectivity index (χ2v) is 10.6. The minimum Gasteiger partial charge on any atom is -0.345 e. The van der Waals surface area contributed by atoms with Gasteiger partial charge in [-0.05, 0) is 29.7 Å². The Balaban J connectivity index is 1.35. The van der Waals surface area contributed by atoms with Crippen LogP contribution in [0, 0.1) is 0 Å². The molecule has 1 aliphatic rings. The average Bonchev–Trinajstić information content (AvgIpc) is 3.17. The molecule has 1 aromatic heterocycles. The van der Waals surface area contributed by atoms with Gasteiger partial charge in [0, 0.05) is 26.2 Å². The normalized spacial score (nSPS) is 15.0. The van der Waals surface area contributed by atoms with Crippen LogP contribution in [0.1, 0.15) is 18.1 Å². The molecule has 1 saturated heterocycles. The van der Waals surface area contributed by atoms with Crippen LogP contribution in [0.2, 0.25) is 0 Å². The van der Waals surface area contributed by atoms with Crippen molar-refractivity contribution < 1.29 is 13.2 Å². The summed E-state index contributed by atoms with van der Waals surface area (Å²) in [6, 6.07) is 15.3. The molecule has 0 spiro atoms. The van der Waals surface area contributed by atoms with E-state index in [2.05, 4.69) is 30.0 Å². The standard InChI is InChI=1S/C22H25N3O3S2/c1-2-17-8-9-19-20(14-17)29-22(23-19)25-12-10-24(11-13-25)21(26)16-30(27,28)15-18-6-4-3-5-7-18/h3-9,14H,2,10-13,15-16H2,1H3. The van der Waals surface area contributed by atoms with Crippen molar-refractivity contribution in [2.45, 2.75) is 19.1 Å². The predicted molar refractivity (Wildman–Crippen MR) is 122 cm³/mol. The smallest absolute Gasteiger partial charge is 0.237 e. The molecule has 158 valence electrons. The maximum absolute atomic E-state index is 12.6. The Bertz CT molecular complexity index is 1130. The van der Waals surface area contributed by atoms with E-state index < -0.39 is 15.6 Å². The number of piperazine rings is 1. The van der Waals surface area contributed by atoms with Crippen LogP contribution in [0.25, 0.3) is 10.2 Å². The topological polar surface area (TPSA) is 70.6 Å². The molecule has 1 fully saturated rings. The lowest BCUT2D eigenvalue weighted by Gasteiger charge is -2.34. The summed E-state index contributed by atoms with van der Waals surface area (Å²) >= 11 is 1.67. The van der Waals surface area contributed by atoms with E-state index in [4.69, 9.17) is 4.98 Å². The van der Waals surface area contributed by atoms with Crippen LogP contribution in [0.15, 0.2) is 48.5 Å². The molecule has 8 heteroatoms. The van der Waals surface area contributed by atoms with Crippen molar-refractivity contribution in [1.82, 2.24) is 9.88 Å². The number of amides is 1. The van der Waals surface area contributed by atoms with Crippen molar-refractivity contribution in [1.29, 1.82) is 0 Å². The number of rotatable bonds is 6. The van der Waals surface area contributed by atoms with Crippen LogP contribution < -0.4 is 4.90 Å². The van der Waals surface area contributed by atoms with E-state index in [1.54, 1.807) is 40.5 Å². The molecule has 0 atom stereocenters. The summed E-state index contributed by atoms with van der Waals surface area (Å²) in [6.45, 7) is 4.47. The second-order valence-electron chi connectivity index (χ2n) is 7.54. The highest BCUT2D eigenvalue weighted by Gasteiger charge is 2.26. The van der Waals surface area contributed by atoms with Crippen molar-refractivity contribution in [3.63, 3.8) is 0 Å². The molecule has 0 N–H and O–H groups in total. The summed E-state index contributed by atoms with van der Waals surface area (Å²) in [5.41, 5.74) is 3.00. The fourth-order valence-corrected chi connectivity index (χ4v) is 6.06. The van der Waals surface area contributed by atoms with Gasteiger partial charge in [-0.25, -0.2) is 13.4 Å². The van der Waals surface area contributed by atoms with Crippen molar-refractivity contribution in [3.05, 3.63) is 59.7 Å². The van der Waals surface area contributed by atoms with E-state index in [1.807, 2.05) is 6.07 Å². The highest BCUT2D eigenvalue weighted by atomic mass is 32.2. The molecule has 2 aromatic carbocycles. The largest absolute Gasteiger partial charge is 0.345 e. The molecule has 30 heavy (non-hydrogen) atoms. The third-order valence-electron chi connectivity index (χ3n) is 5.33. The average molecular weight is 444 g/mol. The van der Waals surface area contributed by atoms with E-state index in [9.17, 15) is 13.2 Å². The molecule has 4 rings (SSSR count). The number of thiazole rings is 1. The quantitative estimate of drug-likeness (QED) is 0.585. The van der Waals surface area contributed by atoms with E-state index in [1.165, 1.54) is 10.3 Å². The highest BCUT2D eigenvalue weighted by Crippen LogP contribution is 2.30. The number of hydrogen-bond acceptors (Lipinski definition) is 6. The Morgan fingerprint density at radius 2 is 1.77 bits per heavy atom. The van der Waals surface area contributed by atoms with E-state index in [-0.39, 0.29) is 11.7 Å². The van der Waals surface area contributed by atoms with Gasteiger partial charge in [0.15, 0.2) is 15.0 Å². The zero-order valence-electron chi connectivity index (χ0n) is 17.0. The first-order valence-electron chi connectivity index (χ1n) is 10.1. The third-order valence-corrected chi connectivity index (χ3v) is 7.86. The van der Waals surface area contributed by atoms with E-state index >= 15 is 0 Å². The zero-order chi connectivity index (χ0) is 21.1. The molecular weight excluding hydrogens is 418 g/mol. The Labute approximate surface area is 181 Å². The monoisotopic (exact) mass is 443 g/mol. The lowest BCUT2D eigenvalue weighted by molar-refractivity contribution is -0.128. The zero-order valence-corrected chi connectivity index (χ0v) is 18.6. The first-order chi connectivity index (χ1) is 14.4. The second kappa shape index (κ2) is 8.73. The molecule has 0 saturated carbocycles. The van der Waals surface area contributed by atoms with Gasteiger partial charge in [-0.2, -0.15) is 0 Å². The van der Waals surface area contributed by atoms with Gasteiger partial charge in [0.1, 0.15) is 5.75 Å². The van der Waals surface area contributed by atoms with Gasteiger partial charge in [0.05, 0.1) is 16.0 Å². The maximum atomic E-state index is 12.6. The predicted octanol–water partition coefficient (Wildman–Crippen LogP) is 3.12. The summed E-state index contributed by atoms with van der Waals surface area (Å²) < 4.78 is 26.0. The highest BCUT2D eigenvalue weighted by molar-refractivity contribution is 7.91. The van der Waals surface area contributed by atoms with Crippen molar-refractivity contribution in [2.24, 2.45) is 0 Å². The van der Waals surface area contributed by atoms with Crippen LogP contribution in [-0.2, 0) is 26.8 Å². The van der Waals surface area contributed by atoms with Crippen molar-refractivity contribution >= 4 is 42.4 Å². The summed E-state index contributed by atoms with van der Waals surface area (Å²) in [5.74, 6) is -0.865. The Hall–Kier alpha value is -2.45. The molecule has 0 bridgehead atoms. The van der Waals surface area contributed by atoms with Gasteiger partial charge < -0.3 is 9.80 Å². The van der Waals surface area contributed by atoms with Gasteiger partial charge in [-0.15, -0.1) is 0 Å². The summed E-state index contributed by atoms with van der Waals surface area (Å²) in [4.78, 5) is 21.1. The molecule has 0 unspecified atom stereocenters. The van der Waals surface area contributed by atoms with Gasteiger partial charge in [0.25, 0.3) is 0 Å². The fraction of sp³-hybridized carbons (Fsp3) is 0.364. The number of benzene rings is 2. The van der Waals surface area contributed by atoms with E-state index in [0.29, 0.717) is 31.7 Å². The molecule has 6 nitrogen and oxygen atoms in total. The minimum absolute atomic E-state index is 0.106. The number of carbonyl (C=O) groups is 1. The Morgan fingerprint density at radius 1 is 1.03 bits per heavy atom. The van der Waals surface area contributed by atoms with Crippen molar-refractivity contribution in [2.75, 3.05) is 36.8 Å². The number of fused-ring (bicyclic) bond motifs is 1. The van der Waals surface area contributed by atoms with Crippen LogP contribution >= 0.6 is 11.3 Å². The number of carbonyl (C=O) groups excluding carboxylic acids is 1. The Kier molecular flexibility index (Phi) is 6.06. The van der Waals surface area contributed by atoms with Crippen molar-refractivity contribution in [3.8, 4) is 0 Å². The fourth-order valence-electron chi connectivity index (χ4n) is 3.62. The van der Waals surface area contributed by atoms with Crippen LogP contribution in [0.5, 0.6) is 0 Å². The van der Waals surface area contributed by atoms with Gasteiger partial charge in [0.2, 0.25) is 5.91 Å². The maximum Gasteiger partial charge on any atom is 0.237 e. The number of aromatic nitrogens is 1. The van der Waals surface area contributed by atoms with Crippen LogP contribution in [-0.4, -0.2) is 56.1 Å². The SMILES string of the molecule is CCc1ccc2nc(N3CCN(C(=O)CS(=O)(=O)Cc4ccccc4)CC3)sc2c1. The molecule has 1 aliphatic heterocycles. The lowest BCUT2D eigenvalue weighted by atomic mass is 10.2. The molecule has 0 radical (unpaired) electrons. The molecule has 0 aliphatic carbocycles. The first kappa shape index (κ1) is 20.8. The first-order valence-corrected chi connectivity index (χ1v) is 12.7. The number of aryl methyl sites for hydroxylation is 1. The molecular formula is C22H25N3O3S2. The third kappa shape index (κ3) is 4.82. The van der Waals surface area contributed by atoms with Gasteiger partial charge in [-0.1, -0.05) is 54.7 Å². The molecule has 3 aromatic rings. The lowest BCUT2D eigenvalue weighted by Crippen LogP contribution is -2.50. The molecule has 2 heterocycles. The summed E-state index contributed by atoms with van der Waals surface area (Å²) in [7, 11) is -3.49. The van der Waals surface area contributed by atoms with Gasteiger partial charge >= 0.3 is 0 Å². The van der Waals surface area contributed by atoms with Crippen LogP contribution in [0.3, 0.4) is 0 Å². The number of anilines is 1. The van der Waals surface area contributed by atoms with E-state index in [0.717, 1.165) is 17.1 Å². The number of hydrogen-bond donors (Lipinski definition) is 0. The van der Waals surface area contributed by atoms with Gasteiger partial charge in [-0.3, -0.25) is 4.79 Å². The minimum atomic E-state index is -3.49. The molecule has 1 amide bonds. The Morgan fingerprint density at radius 3 is 2.47 bits per heavy atom. The summed E-state index contributed by atoms with van der Waals surface area (Å²) in [5, 5.41) is 0.960. The number of nitrogens with zero attached hydrogens (tertiary/aromatic N) is 3. The van der Waals surface area contributed by atoms with Crippen LogP contribution in [0.4, 0.5) is 5.13 Å².